The number of rotatable bonds is 12. The normalized spacial score (nSPS) is 25.5. The first-order valence-corrected chi connectivity index (χ1v) is 16.1. The van der Waals surface area contributed by atoms with Crippen LogP contribution in [0, 0.1) is 29.6 Å². The zero-order valence-electron chi connectivity index (χ0n) is 24.5. The van der Waals surface area contributed by atoms with E-state index < -0.39 is 0 Å². The summed E-state index contributed by atoms with van der Waals surface area (Å²) in [5.74, 6) is 5.09. The smallest absolute Gasteiger partial charge is 0.0408 e. The van der Waals surface area contributed by atoms with Gasteiger partial charge in [-0.1, -0.05) is 76.3 Å². The minimum Gasteiger partial charge on any atom is -0.371 e. The molecule has 3 fully saturated rings. The average molecular weight is 534 g/mol. The number of nitrogens with zero attached hydrogens (tertiary/aromatic N) is 1. The van der Waals surface area contributed by atoms with E-state index in [1.165, 1.54) is 85.9 Å². The summed E-state index contributed by atoms with van der Waals surface area (Å²) >= 11 is 6.39. The van der Waals surface area contributed by atoms with Gasteiger partial charge >= 0.3 is 0 Å². The largest absolute Gasteiger partial charge is 0.371 e. The third-order valence-electron chi connectivity index (χ3n) is 10.1. The predicted octanol–water partition coefficient (Wildman–Crippen LogP) is 10.1. The van der Waals surface area contributed by atoms with Crippen LogP contribution in [-0.4, -0.2) is 13.1 Å². The molecule has 0 bridgehead atoms. The van der Waals surface area contributed by atoms with E-state index in [1.807, 2.05) is 0 Å². The van der Waals surface area contributed by atoms with Crippen LogP contribution in [0.3, 0.4) is 0 Å². The molecule has 3 saturated carbocycles. The van der Waals surface area contributed by atoms with Crippen LogP contribution in [0.4, 0.5) is 5.69 Å². The lowest BCUT2D eigenvalue weighted by Gasteiger charge is -2.53. The lowest BCUT2D eigenvalue weighted by Crippen LogP contribution is -2.48. The van der Waals surface area contributed by atoms with Crippen molar-refractivity contribution < 1.29 is 0 Å². The third kappa shape index (κ3) is 6.52. The van der Waals surface area contributed by atoms with E-state index in [9.17, 15) is 0 Å². The molecule has 38 heavy (non-hydrogen) atoms. The Bertz CT molecular complexity index is 1030. The lowest BCUT2D eigenvalue weighted by molar-refractivity contribution is -0.0235. The first-order valence-electron chi connectivity index (χ1n) is 15.7. The van der Waals surface area contributed by atoms with Gasteiger partial charge in [-0.3, -0.25) is 0 Å². The van der Waals surface area contributed by atoms with Gasteiger partial charge in [0.2, 0.25) is 0 Å². The first-order chi connectivity index (χ1) is 18.6. The van der Waals surface area contributed by atoms with Crippen LogP contribution < -0.4 is 4.90 Å². The summed E-state index contributed by atoms with van der Waals surface area (Å²) in [7, 11) is 0. The monoisotopic (exact) mass is 533 g/mol. The molecule has 0 amide bonds. The topological polar surface area (TPSA) is 3.24 Å². The van der Waals surface area contributed by atoms with Crippen LogP contribution >= 0.6 is 11.6 Å². The standard InChI is InChI=1S/C34H48ClN.C2H4/c1-4-8-24-12-13-25(6-3)34(20-24)36(19-18-26-14-16-30(35)21-27(26)9-5-2)23-29-15-17-32(29)33-22-28-10-7-11-31(28)33;1-2/h12-14,16,20-21,28-29,31-33H,4-11,15,17-19,22-23H2,1-3H3;1-2H2. The molecule has 3 aliphatic rings. The van der Waals surface area contributed by atoms with Crippen molar-refractivity contribution in [3.63, 3.8) is 0 Å². The van der Waals surface area contributed by atoms with Crippen molar-refractivity contribution in [2.24, 2.45) is 29.6 Å². The van der Waals surface area contributed by atoms with Gasteiger partial charge in [-0.05, 0) is 121 Å². The lowest BCUT2D eigenvalue weighted by atomic mass is 9.53. The fourth-order valence-corrected chi connectivity index (χ4v) is 8.16. The summed E-state index contributed by atoms with van der Waals surface area (Å²) in [6.07, 6.45) is 15.9. The Hall–Kier alpha value is -1.73. The molecule has 0 aliphatic heterocycles. The fourth-order valence-electron chi connectivity index (χ4n) is 7.96. The van der Waals surface area contributed by atoms with Gasteiger partial charge in [-0.15, -0.1) is 13.2 Å². The highest BCUT2D eigenvalue weighted by Gasteiger charge is 2.51. The van der Waals surface area contributed by atoms with Crippen LogP contribution in [0.15, 0.2) is 49.6 Å². The Labute approximate surface area is 239 Å². The molecular formula is C36H52ClN. The van der Waals surface area contributed by atoms with Crippen molar-refractivity contribution in [1.29, 1.82) is 0 Å². The second kappa shape index (κ2) is 14.1. The van der Waals surface area contributed by atoms with Crippen molar-refractivity contribution >= 4 is 17.3 Å². The van der Waals surface area contributed by atoms with Crippen molar-refractivity contribution in [3.8, 4) is 0 Å². The van der Waals surface area contributed by atoms with Gasteiger partial charge in [0.1, 0.15) is 0 Å². The summed E-state index contributed by atoms with van der Waals surface area (Å²) in [6, 6.07) is 13.9. The van der Waals surface area contributed by atoms with Crippen molar-refractivity contribution in [1.82, 2.24) is 0 Å². The molecule has 0 aromatic heterocycles. The molecular weight excluding hydrogens is 482 g/mol. The highest BCUT2D eigenvalue weighted by molar-refractivity contribution is 6.30. The van der Waals surface area contributed by atoms with E-state index in [2.05, 4.69) is 75.2 Å². The maximum atomic E-state index is 6.39. The highest BCUT2D eigenvalue weighted by Crippen LogP contribution is 2.59. The average Bonchev–Trinajstić information content (AvgIpc) is 3.29. The zero-order valence-corrected chi connectivity index (χ0v) is 25.2. The molecule has 2 aromatic rings. The van der Waals surface area contributed by atoms with E-state index in [0.717, 1.165) is 60.4 Å². The Kier molecular flexibility index (Phi) is 10.8. The Balaban J connectivity index is 0.00000164. The number of hydrogen-bond acceptors (Lipinski definition) is 1. The molecule has 0 heterocycles. The molecule has 0 N–H and O–H groups in total. The number of halogens is 1. The minimum atomic E-state index is 0.877. The van der Waals surface area contributed by atoms with Gasteiger partial charge in [0.15, 0.2) is 0 Å². The molecule has 2 aromatic carbocycles. The SMILES string of the molecule is C=C.CCCc1ccc(CC)c(N(CCc2ccc(Cl)cc2CCC)CC2CCC2C2CC3CCCC32)c1. The number of benzene rings is 2. The van der Waals surface area contributed by atoms with E-state index in [-0.39, 0.29) is 0 Å². The van der Waals surface area contributed by atoms with E-state index in [4.69, 9.17) is 11.6 Å². The molecule has 1 nitrogen and oxygen atoms in total. The second-order valence-electron chi connectivity index (χ2n) is 12.2. The van der Waals surface area contributed by atoms with E-state index in [1.54, 1.807) is 6.42 Å². The van der Waals surface area contributed by atoms with Crippen LogP contribution in [0.25, 0.3) is 0 Å². The molecule has 5 rings (SSSR count). The van der Waals surface area contributed by atoms with Gasteiger partial charge < -0.3 is 4.90 Å². The summed E-state index contributed by atoms with van der Waals surface area (Å²) in [5, 5.41) is 0.877. The maximum Gasteiger partial charge on any atom is 0.0408 e. The van der Waals surface area contributed by atoms with Gasteiger partial charge in [0.05, 0.1) is 0 Å². The molecule has 0 radical (unpaired) electrons. The Morgan fingerprint density at radius 3 is 2.26 bits per heavy atom. The molecule has 0 saturated heterocycles. The zero-order chi connectivity index (χ0) is 27.1. The minimum absolute atomic E-state index is 0.877. The fraction of sp³-hybridized carbons (Fsp3) is 0.611. The van der Waals surface area contributed by atoms with Gasteiger partial charge in [-0.25, -0.2) is 0 Å². The number of aryl methyl sites for hydroxylation is 3. The van der Waals surface area contributed by atoms with E-state index in [0.29, 0.717) is 0 Å². The first kappa shape index (κ1) is 29.3. The Morgan fingerprint density at radius 2 is 1.58 bits per heavy atom. The molecule has 208 valence electrons. The predicted molar refractivity (Wildman–Crippen MR) is 168 cm³/mol. The van der Waals surface area contributed by atoms with Gasteiger partial charge in [-0.2, -0.15) is 0 Å². The molecule has 2 heteroatoms. The number of fused-ring (bicyclic) bond motifs is 1. The van der Waals surface area contributed by atoms with Crippen molar-refractivity contribution in [3.05, 3.63) is 76.8 Å². The van der Waals surface area contributed by atoms with Crippen LogP contribution in [0.2, 0.25) is 5.02 Å². The summed E-state index contributed by atoms with van der Waals surface area (Å²) < 4.78 is 0. The van der Waals surface area contributed by atoms with Crippen LogP contribution in [-0.2, 0) is 25.7 Å². The quantitative estimate of drug-likeness (QED) is 0.245. The number of hydrogen-bond donors (Lipinski definition) is 0. The van der Waals surface area contributed by atoms with Gasteiger partial charge in [0, 0.05) is 23.8 Å². The van der Waals surface area contributed by atoms with E-state index >= 15 is 0 Å². The summed E-state index contributed by atoms with van der Waals surface area (Å²) in [6.45, 7) is 15.3. The Morgan fingerprint density at radius 1 is 0.789 bits per heavy atom. The van der Waals surface area contributed by atoms with Crippen molar-refractivity contribution in [2.75, 3.05) is 18.0 Å². The van der Waals surface area contributed by atoms with Crippen LogP contribution in [0.1, 0.15) is 94.4 Å². The van der Waals surface area contributed by atoms with Crippen molar-refractivity contribution in [2.45, 2.75) is 97.8 Å². The molecule has 5 atom stereocenters. The second-order valence-corrected chi connectivity index (χ2v) is 12.6. The summed E-state index contributed by atoms with van der Waals surface area (Å²) in [4.78, 5) is 2.81. The summed E-state index contributed by atoms with van der Waals surface area (Å²) in [5.41, 5.74) is 7.49. The molecule has 5 unspecified atom stereocenters. The highest BCUT2D eigenvalue weighted by atomic mass is 35.5. The maximum absolute atomic E-state index is 6.39. The molecule has 0 spiro atoms. The number of anilines is 1. The third-order valence-corrected chi connectivity index (χ3v) is 10.3. The van der Waals surface area contributed by atoms with Crippen LogP contribution in [0.5, 0.6) is 0 Å². The van der Waals surface area contributed by atoms with Gasteiger partial charge in [0.25, 0.3) is 0 Å². The molecule has 3 aliphatic carbocycles.